The number of aryl methyl sites for hydroxylation is 1. The van der Waals surface area contributed by atoms with Crippen molar-refractivity contribution in [2.75, 3.05) is 0 Å². The van der Waals surface area contributed by atoms with Gasteiger partial charge in [0.1, 0.15) is 0 Å². The Hall–Kier alpha value is -1.28. The number of aromatic nitrogens is 2. The van der Waals surface area contributed by atoms with Crippen LogP contribution in [0.4, 0.5) is 0 Å². The van der Waals surface area contributed by atoms with Gasteiger partial charge in [-0.1, -0.05) is 23.7 Å². The molecule has 0 unspecified atom stereocenters. The Morgan fingerprint density at radius 1 is 1.38 bits per heavy atom. The molecule has 0 radical (unpaired) electrons. The molecule has 2 aromatic rings. The maximum Gasteiger partial charge on any atom is 0.0929 e. The van der Waals surface area contributed by atoms with Crippen LogP contribution in [0, 0.1) is 6.92 Å². The summed E-state index contributed by atoms with van der Waals surface area (Å²) in [4.78, 5) is 7.25. The molecule has 13 heavy (non-hydrogen) atoms. The highest BCUT2D eigenvalue weighted by atomic mass is 35.5. The number of benzene rings is 1. The van der Waals surface area contributed by atoms with E-state index in [1.165, 1.54) is 0 Å². The fraction of sp³-hybridized carbons (Fsp3) is 0.100. The third-order valence-electron chi connectivity index (χ3n) is 1.93. The zero-order valence-corrected chi connectivity index (χ0v) is 7.97. The molecule has 0 saturated carbocycles. The number of halogens is 1. The third-order valence-corrected chi connectivity index (χ3v) is 2.16. The first kappa shape index (κ1) is 8.32. The number of nitrogens with one attached hydrogen (secondary N) is 1. The molecule has 0 aliphatic carbocycles. The average Bonchev–Trinajstić information content (AvgIpc) is 2.51. The maximum atomic E-state index is 5.88. The minimum Gasteiger partial charge on any atom is -0.348 e. The first-order chi connectivity index (χ1) is 6.27. The van der Waals surface area contributed by atoms with E-state index in [1.807, 2.05) is 31.2 Å². The van der Waals surface area contributed by atoms with Crippen molar-refractivity contribution in [2.24, 2.45) is 0 Å². The SMILES string of the molecule is Cc1[nH]cnc1-c1cccc(Cl)c1. The second-order valence-corrected chi connectivity index (χ2v) is 3.32. The van der Waals surface area contributed by atoms with Crippen LogP contribution in [0.2, 0.25) is 5.02 Å². The molecule has 1 N–H and O–H groups in total. The molecular formula is C10H9ClN2. The Bertz CT molecular complexity index is 420. The predicted molar refractivity (Wildman–Crippen MR) is 53.8 cm³/mol. The van der Waals surface area contributed by atoms with E-state index in [0.717, 1.165) is 22.0 Å². The molecule has 2 nitrogen and oxygen atoms in total. The van der Waals surface area contributed by atoms with Crippen LogP contribution in [0.1, 0.15) is 5.69 Å². The Balaban J connectivity index is 2.53. The molecule has 1 aromatic heterocycles. The summed E-state index contributed by atoms with van der Waals surface area (Å²) < 4.78 is 0. The average molecular weight is 193 g/mol. The standard InChI is InChI=1S/C10H9ClN2/c1-7-10(13-6-12-7)8-3-2-4-9(11)5-8/h2-6H,1H3,(H,12,13). The summed E-state index contributed by atoms with van der Waals surface area (Å²) in [6.07, 6.45) is 1.69. The first-order valence-corrected chi connectivity index (χ1v) is 4.41. The molecule has 1 aromatic carbocycles. The van der Waals surface area contributed by atoms with Crippen molar-refractivity contribution in [1.82, 2.24) is 9.97 Å². The van der Waals surface area contributed by atoms with Crippen LogP contribution in [0.5, 0.6) is 0 Å². The Morgan fingerprint density at radius 3 is 2.85 bits per heavy atom. The lowest BCUT2D eigenvalue weighted by molar-refractivity contribution is 1.25. The summed E-state index contributed by atoms with van der Waals surface area (Å²) in [5.41, 5.74) is 3.07. The quantitative estimate of drug-likeness (QED) is 0.739. The Kier molecular flexibility index (Phi) is 2.07. The number of nitrogens with zero attached hydrogens (tertiary/aromatic N) is 1. The Morgan fingerprint density at radius 2 is 2.23 bits per heavy atom. The monoisotopic (exact) mass is 192 g/mol. The van der Waals surface area contributed by atoms with Crippen LogP contribution in [-0.4, -0.2) is 9.97 Å². The molecule has 66 valence electrons. The van der Waals surface area contributed by atoms with Crippen LogP contribution in [0.3, 0.4) is 0 Å². The van der Waals surface area contributed by atoms with E-state index in [4.69, 9.17) is 11.6 Å². The van der Waals surface area contributed by atoms with Gasteiger partial charge >= 0.3 is 0 Å². The van der Waals surface area contributed by atoms with Gasteiger partial charge in [-0.25, -0.2) is 4.98 Å². The van der Waals surface area contributed by atoms with Gasteiger partial charge in [0.25, 0.3) is 0 Å². The van der Waals surface area contributed by atoms with Gasteiger partial charge in [0.05, 0.1) is 12.0 Å². The van der Waals surface area contributed by atoms with Crippen LogP contribution >= 0.6 is 11.6 Å². The summed E-state index contributed by atoms with van der Waals surface area (Å²) in [6.45, 7) is 1.99. The van der Waals surface area contributed by atoms with Crippen molar-refractivity contribution in [1.29, 1.82) is 0 Å². The van der Waals surface area contributed by atoms with Crippen LogP contribution in [0.25, 0.3) is 11.3 Å². The fourth-order valence-corrected chi connectivity index (χ4v) is 1.48. The van der Waals surface area contributed by atoms with Gasteiger partial charge in [0.15, 0.2) is 0 Å². The minimum atomic E-state index is 0.736. The molecule has 1 heterocycles. The van der Waals surface area contributed by atoms with E-state index in [-0.39, 0.29) is 0 Å². The largest absolute Gasteiger partial charge is 0.348 e. The van der Waals surface area contributed by atoms with E-state index in [9.17, 15) is 0 Å². The Labute approximate surface area is 81.6 Å². The lowest BCUT2D eigenvalue weighted by atomic mass is 10.1. The second-order valence-electron chi connectivity index (χ2n) is 2.89. The summed E-state index contributed by atoms with van der Waals surface area (Å²) in [6, 6.07) is 7.68. The van der Waals surface area contributed by atoms with Crippen molar-refractivity contribution in [2.45, 2.75) is 6.92 Å². The van der Waals surface area contributed by atoms with Gasteiger partial charge in [-0.05, 0) is 19.1 Å². The molecule has 0 amide bonds. The fourth-order valence-electron chi connectivity index (χ4n) is 1.29. The van der Waals surface area contributed by atoms with Gasteiger partial charge in [0, 0.05) is 16.3 Å². The molecule has 2 rings (SSSR count). The lowest BCUT2D eigenvalue weighted by Gasteiger charge is -1.98. The second kappa shape index (κ2) is 3.23. The minimum absolute atomic E-state index is 0.736. The van der Waals surface area contributed by atoms with Crippen LogP contribution in [0.15, 0.2) is 30.6 Å². The number of imidazole rings is 1. The van der Waals surface area contributed by atoms with Gasteiger partial charge < -0.3 is 4.98 Å². The highest BCUT2D eigenvalue weighted by Gasteiger charge is 2.03. The van der Waals surface area contributed by atoms with E-state index >= 15 is 0 Å². The number of hydrogen-bond acceptors (Lipinski definition) is 1. The van der Waals surface area contributed by atoms with Crippen LogP contribution in [-0.2, 0) is 0 Å². The summed E-state index contributed by atoms with van der Waals surface area (Å²) in [5.74, 6) is 0. The molecular weight excluding hydrogens is 184 g/mol. The van der Waals surface area contributed by atoms with Crippen LogP contribution < -0.4 is 0 Å². The predicted octanol–water partition coefficient (Wildman–Crippen LogP) is 3.04. The molecule has 0 fully saturated rings. The van der Waals surface area contributed by atoms with Gasteiger partial charge in [-0.3, -0.25) is 0 Å². The van der Waals surface area contributed by atoms with Gasteiger partial charge in [-0.2, -0.15) is 0 Å². The number of aromatic amines is 1. The first-order valence-electron chi connectivity index (χ1n) is 4.03. The van der Waals surface area contributed by atoms with Crippen molar-refractivity contribution in [3.63, 3.8) is 0 Å². The molecule has 0 aliphatic heterocycles. The van der Waals surface area contributed by atoms with E-state index in [1.54, 1.807) is 6.33 Å². The molecule has 0 aliphatic rings. The zero-order chi connectivity index (χ0) is 9.26. The van der Waals surface area contributed by atoms with Gasteiger partial charge in [-0.15, -0.1) is 0 Å². The topological polar surface area (TPSA) is 28.7 Å². The normalized spacial score (nSPS) is 10.3. The van der Waals surface area contributed by atoms with Gasteiger partial charge in [0.2, 0.25) is 0 Å². The molecule has 0 bridgehead atoms. The number of rotatable bonds is 1. The summed E-state index contributed by atoms with van der Waals surface area (Å²) in [5, 5.41) is 0.736. The summed E-state index contributed by atoms with van der Waals surface area (Å²) >= 11 is 5.88. The molecule has 0 atom stereocenters. The number of H-pyrrole nitrogens is 1. The third kappa shape index (κ3) is 1.58. The van der Waals surface area contributed by atoms with Crippen molar-refractivity contribution < 1.29 is 0 Å². The maximum absolute atomic E-state index is 5.88. The number of hydrogen-bond donors (Lipinski definition) is 1. The van der Waals surface area contributed by atoms with Crippen molar-refractivity contribution in [3.8, 4) is 11.3 Å². The van der Waals surface area contributed by atoms with Crippen molar-refractivity contribution in [3.05, 3.63) is 41.3 Å². The van der Waals surface area contributed by atoms with Crippen molar-refractivity contribution >= 4 is 11.6 Å². The highest BCUT2D eigenvalue weighted by Crippen LogP contribution is 2.22. The van der Waals surface area contributed by atoms with E-state index in [2.05, 4.69) is 9.97 Å². The zero-order valence-electron chi connectivity index (χ0n) is 7.21. The van der Waals surface area contributed by atoms with E-state index < -0.39 is 0 Å². The smallest absolute Gasteiger partial charge is 0.0929 e. The molecule has 0 spiro atoms. The van der Waals surface area contributed by atoms with E-state index in [0.29, 0.717) is 0 Å². The lowest BCUT2D eigenvalue weighted by Crippen LogP contribution is -1.80. The highest BCUT2D eigenvalue weighted by molar-refractivity contribution is 6.30. The summed E-state index contributed by atoms with van der Waals surface area (Å²) in [7, 11) is 0. The molecule has 0 saturated heterocycles. The molecule has 3 heteroatoms.